The van der Waals surface area contributed by atoms with Gasteiger partial charge in [-0.2, -0.15) is 5.10 Å². The molecular formula is C9H14N4O. The summed E-state index contributed by atoms with van der Waals surface area (Å²) in [6.07, 6.45) is 3.57. The van der Waals surface area contributed by atoms with Crippen LogP contribution < -0.4 is 11.1 Å². The second kappa shape index (κ2) is 3.09. The van der Waals surface area contributed by atoms with Gasteiger partial charge in [-0.15, -0.1) is 0 Å². The lowest BCUT2D eigenvalue weighted by atomic mass is 10.1. The lowest BCUT2D eigenvalue weighted by Gasteiger charge is -2.10. The van der Waals surface area contributed by atoms with Crippen LogP contribution in [0, 0.1) is 5.41 Å². The molecule has 3 N–H and O–H groups in total. The zero-order valence-electron chi connectivity index (χ0n) is 8.16. The predicted molar refractivity (Wildman–Crippen MR) is 52.6 cm³/mol. The second-order valence-electron chi connectivity index (χ2n) is 3.81. The maximum atomic E-state index is 11.7. The minimum atomic E-state index is -0.308. The summed E-state index contributed by atoms with van der Waals surface area (Å²) >= 11 is 0. The number of anilines is 1. The predicted octanol–water partition coefficient (Wildman–Crippen LogP) is 0.0975. The number of aromatic nitrogens is 2. The molecule has 1 amide bonds. The van der Waals surface area contributed by atoms with Gasteiger partial charge < -0.3 is 11.1 Å². The second-order valence-corrected chi connectivity index (χ2v) is 3.81. The zero-order chi connectivity index (χ0) is 10.2. The first-order valence-corrected chi connectivity index (χ1v) is 4.67. The van der Waals surface area contributed by atoms with Crippen molar-refractivity contribution in [1.82, 2.24) is 9.78 Å². The first-order valence-electron chi connectivity index (χ1n) is 4.67. The van der Waals surface area contributed by atoms with Crippen molar-refractivity contribution in [2.75, 3.05) is 11.9 Å². The zero-order valence-corrected chi connectivity index (χ0v) is 8.16. The highest BCUT2D eigenvalue weighted by atomic mass is 16.2. The molecule has 0 radical (unpaired) electrons. The summed E-state index contributed by atoms with van der Waals surface area (Å²) in [5, 5.41) is 6.84. The van der Waals surface area contributed by atoms with Crippen molar-refractivity contribution in [1.29, 1.82) is 0 Å². The summed E-state index contributed by atoms with van der Waals surface area (Å²) in [6.45, 7) is 0.422. The Morgan fingerprint density at radius 3 is 2.93 bits per heavy atom. The summed E-state index contributed by atoms with van der Waals surface area (Å²) < 4.78 is 1.65. The highest BCUT2D eigenvalue weighted by Gasteiger charge is 2.48. The van der Waals surface area contributed by atoms with Gasteiger partial charge in [-0.3, -0.25) is 9.48 Å². The number of nitrogens with zero attached hydrogens (tertiary/aromatic N) is 2. The number of carbonyl (C=O) groups excluding carboxylic acids is 1. The van der Waals surface area contributed by atoms with Gasteiger partial charge in [0.2, 0.25) is 5.91 Å². The molecule has 76 valence electrons. The number of rotatable bonds is 3. The highest BCUT2D eigenvalue weighted by Crippen LogP contribution is 2.45. The molecule has 0 aliphatic heterocycles. The Balaban J connectivity index is 2.01. The standard InChI is InChI=1S/C9H14N4O/c1-13-5-2-7(12-13)11-8(14)9(6-10)3-4-9/h2,5H,3-4,6,10H2,1H3,(H,11,12,14). The topological polar surface area (TPSA) is 72.9 Å². The third-order valence-electron chi connectivity index (χ3n) is 2.68. The number of hydrogen-bond donors (Lipinski definition) is 2. The summed E-state index contributed by atoms with van der Waals surface area (Å²) in [4.78, 5) is 11.7. The third-order valence-corrected chi connectivity index (χ3v) is 2.68. The molecule has 1 aromatic heterocycles. The molecule has 5 heteroatoms. The van der Waals surface area contributed by atoms with Gasteiger partial charge in [0.1, 0.15) is 0 Å². The van der Waals surface area contributed by atoms with Crippen molar-refractivity contribution in [3.8, 4) is 0 Å². The van der Waals surface area contributed by atoms with Gasteiger partial charge >= 0.3 is 0 Å². The van der Waals surface area contributed by atoms with Gasteiger partial charge in [-0.25, -0.2) is 0 Å². The van der Waals surface area contributed by atoms with Crippen LogP contribution in [0.1, 0.15) is 12.8 Å². The van der Waals surface area contributed by atoms with Gasteiger partial charge in [-0.05, 0) is 12.8 Å². The van der Waals surface area contributed by atoms with E-state index in [4.69, 9.17) is 5.73 Å². The van der Waals surface area contributed by atoms with Crippen LogP contribution in [-0.4, -0.2) is 22.2 Å². The van der Waals surface area contributed by atoms with E-state index in [-0.39, 0.29) is 11.3 Å². The molecule has 1 aromatic rings. The van der Waals surface area contributed by atoms with Crippen LogP contribution in [0.15, 0.2) is 12.3 Å². The van der Waals surface area contributed by atoms with E-state index in [1.807, 2.05) is 7.05 Å². The van der Waals surface area contributed by atoms with Crippen molar-refractivity contribution < 1.29 is 4.79 Å². The average Bonchev–Trinajstić information content (AvgIpc) is 2.87. The van der Waals surface area contributed by atoms with Crippen molar-refractivity contribution in [2.24, 2.45) is 18.2 Å². The summed E-state index contributed by atoms with van der Waals surface area (Å²) in [5.41, 5.74) is 5.23. The number of hydrogen-bond acceptors (Lipinski definition) is 3. The Kier molecular flexibility index (Phi) is 2.03. The molecule has 0 unspecified atom stereocenters. The van der Waals surface area contributed by atoms with Crippen LogP contribution in [-0.2, 0) is 11.8 Å². The lowest BCUT2D eigenvalue weighted by Crippen LogP contribution is -2.31. The fourth-order valence-corrected chi connectivity index (χ4v) is 1.41. The molecule has 0 spiro atoms. The first kappa shape index (κ1) is 9.21. The highest BCUT2D eigenvalue weighted by molar-refractivity contribution is 5.96. The molecule has 1 heterocycles. The number of amides is 1. The van der Waals surface area contributed by atoms with Crippen molar-refractivity contribution in [3.05, 3.63) is 12.3 Å². The van der Waals surface area contributed by atoms with Crippen molar-refractivity contribution >= 4 is 11.7 Å². The molecule has 2 rings (SSSR count). The monoisotopic (exact) mass is 194 g/mol. The van der Waals surface area contributed by atoms with Crippen LogP contribution in [0.4, 0.5) is 5.82 Å². The van der Waals surface area contributed by atoms with Crippen LogP contribution >= 0.6 is 0 Å². The maximum Gasteiger partial charge on any atom is 0.233 e. The Morgan fingerprint density at radius 1 is 1.79 bits per heavy atom. The molecule has 0 atom stereocenters. The van der Waals surface area contributed by atoms with Gasteiger partial charge in [0, 0.05) is 25.9 Å². The number of nitrogens with one attached hydrogen (secondary N) is 1. The summed E-state index contributed by atoms with van der Waals surface area (Å²) in [5.74, 6) is 0.593. The van der Waals surface area contributed by atoms with E-state index >= 15 is 0 Å². The van der Waals surface area contributed by atoms with Crippen LogP contribution in [0.3, 0.4) is 0 Å². The average molecular weight is 194 g/mol. The Morgan fingerprint density at radius 2 is 2.50 bits per heavy atom. The Labute approximate surface area is 82.3 Å². The first-order chi connectivity index (χ1) is 6.66. The molecule has 1 saturated carbocycles. The quantitative estimate of drug-likeness (QED) is 0.716. The molecule has 5 nitrogen and oxygen atoms in total. The number of nitrogens with two attached hydrogens (primary N) is 1. The summed E-state index contributed by atoms with van der Waals surface area (Å²) in [6, 6.07) is 1.77. The van der Waals surface area contributed by atoms with E-state index in [1.54, 1.807) is 16.9 Å². The van der Waals surface area contributed by atoms with Crippen molar-refractivity contribution in [3.63, 3.8) is 0 Å². The Bertz CT molecular complexity index is 353. The molecule has 1 aliphatic carbocycles. The number of carbonyl (C=O) groups is 1. The van der Waals surface area contributed by atoms with Gasteiger partial charge in [0.05, 0.1) is 5.41 Å². The normalized spacial score (nSPS) is 17.9. The SMILES string of the molecule is Cn1ccc(NC(=O)C2(CN)CC2)n1. The fourth-order valence-electron chi connectivity index (χ4n) is 1.41. The lowest BCUT2D eigenvalue weighted by molar-refractivity contribution is -0.120. The van der Waals surface area contributed by atoms with Crippen molar-refractivity contribution in [2.45, 2.75) is 12.8 Å². The molecule has 1 fully saturated rings. The van der Waals surface area contributed by atoms with Crippen LogP contribution in [0.5, 0.6) is 0 Å². The van der Waals surface area contributed by atoms with E-state index in [1.165, 1.54) is 0 Å². The van der Waals surface area contributed by atoms with Crippen LogP contribution in [0.2, 0.25) is 0 Å². The maximum absolute atomic E-state index is 11.7. The minimum absolute atomic E-state index is 0.00120. The Hall–Kier alpha value is -1.36. The largest absolute Gasteiger partial charge is 0.329 e. The van der Waals surface area contributed by atoms with E-state index in [2.05, 4.69) is 10.4 Å². The molecule has 1 aliphatic rings. The van der Waals surface area contributed by atoms with Gasteiger partial charge in [0.15, 0.2) is 5.82 Å². The van der Waals surface area contributed by atoms with E-state index in [0.29, 0.717) is 12.4 Å². The van der Waals surface area contributed by atoms with Gasteiger partial charge in [0.25, 0.3) is 0 Å². The molecule has 14 heavy (non-hydrogen) atoms. The third kappa shape index (κ3) is 1.50. The molecule has 0 bridgehead atoms. The van der Waals surface area contributed by atoms with E-state index < -0.39 is 0 Å². The van der Waals surface area contributed by atoms with Crippen LogP contribution in [0.25, 0.3) is 0 Å². The van der Waals surface area contributed by atoms with E-state index in [9.17, 15) is 4.79 Å². The smallest absolute Gasteiger partial charge is 0.233 e. The van der Waals surface area contributed by atoms with Gasteiger partial charge in [-0.1, -0.05) is 0 Å². The summed E-state index contributed by atoms with van der Waals surface area (Å²) in [7, 11) is 1.81. The fraction of sp³-hybridized carbons (Fsp3) is 0.556. The minimum Gasteiger partial charge on any atom is -0.329 e. The molecule has 0 aromatic carbocycles. The van der Waals surface area contributed by atoms with E-state index in [0.717, 1.165) is 12.8 Å². The molecular weight excluding hydrogens is 180 g/mol. The number of aryl methyl sites for hydroxylation is 1. The molecule has 0 saturated heterocycles.